The summed E-state index contributed by atoms with van der Waals surface area (Å²) in [7, 11) is 0. The first-order valence-electron chi connectivity index (χ1n) is 8.69. The Morgan fingerprint density at radius 3 is 2.14 bits per heavy atom. The first kappa shape index (κ1) is 19.6. The normalized spacial score (nSPS) is 10.8. The highest BCUT2D eigenvalue weighted by Crippen LogP contribution is 2.23. The average molecular weight is 389 g/mol. The van der Waals surface area contributed by atoms with Crippen LogP contribution in [-0.2, 0) is 0 Å². The molecule has 0 atom stereocenters. The molecule has 0 aliphatic heterocycles. The molecule has 0 fully saturated rings. The van der Waals surface area contributed by atoms with Crippen molar-refractivity contribution < 1.29 is 14.3 Å². The first-order valence-corrected chi connectivity index (χ1v) is 8.69. The van der Waals surface area contributed by atoms with Gasteiger partial charge in [0.05, 0.1) is 0 Å². The minimum atomic E-state index is -0.251. The summed E-state index contributed by atoms with van der Waals surface area (Å²) >= 11 is 0. The number of hydrazone groups is 1. The number of para-hydroxylation sites is 1. The number of ether oxygens (including phenoxy) is 2. The number of hydrogen-bond acceptors (Lipinski definition) is 6. The van der Waals surface area contributed by atoms with Crippen LogP contribution in [0.25, 0.3) is 0 Å². The van der Waals surface area contributed by atoms with Gasteiger partial charge in [0.25, 0.3) is 5.91 Å². The summed E-state index contributed by atoms with van der Waals surface area (Å²) < 4.78 is 11.1. The molecule has 146 valence electrons. The fraction of sp³-hybridized carbons (Fsp3) is 0.0476. The van der Waals surface area contributed by atoms with Gasteiger partial charge < -0.3 is 20.6 Å². The van der Waals surface area contributed by atoms with Crippen molar-refractivity contribution in [1.29, 1.82) is 5.53 Å². The number of nitrogens with zero attached hydrogens (tertiary/aromatic N) is 2. The van der Waals surface area contributed by atoms with Crippen LogP contribution in [0.1, 0.15) is 10.4 Å². The van der Waals surface area contributed by atoms with Crippen LogP contribution in [0.5, 0.6) is 17.2 Å². The fourth-order valence-corrected chi connectivity index (χ4v) is 2.38. The lowest BCUT2D eigenvalue weighted by atomic mass is 10.2. The van der Waals surface area contributed by atoms with Crippen molar-refractivity contribution in [2.75, 3.05) is 11.9 Å². The molecule has 0 aliphatic rings. The number of nitrogens with two attached hydrogens (primary N) is 1. The predicted octanol–water partition coefficient (Wildman–Crippen LogP) is 4.41. The Morgan fingerprint density at radius 1 is 0.897 bits per heavy atom. The van der Waals surface area contributed by atoms with Crippen molar-refractivity contribution >= 4 is 17.4 Å². The van der Waals surface area contributed by atoms with Gasteiger partial charge in [-0.05, 0) is 60.7 Å². The molecule has 0 heterocycles. The molecule has 0 radical (unpaired) electrons. The number of hydrogen-bond donors (Lipinski definition) is 3. The van der Waals surface area contributed by atoms with Crippen LogP contribution in [0.15, 0.2) is 89.1 Å². The fourth-order valence-electron chi connectivity index (χ4n) is 2.38. The van der Waals surface area contributed by atoms with Gasteiger partial charge in [-0.15, -0.1) is 5.11 Å². The maximum absolute atomic E-state index is 12.4. The SMILES string of the molecule is N=N/C(COc1ccc(C(=O)Nc2ccc(Oc3ccccc3)cc2)cc1)=N\N. The Hall–Kier alpha value is -4.20. The summed E-state index contributed by atoms with van der Waals surface area (Å²) in [6.07, 6.45) is 0. The Balaban J connectivity index is 1.56. The van der Waals surface area contributed by atoms with Gasteiger partial charge in [0, 0.05) is 11.3 Å². The number of carbonyl (C=O) groups is 1. The number of amidine groups is 1. The molecule has 0 saturated heterocycles. The van der Waals surface area contributed by atoms with Crippen molar-refractivity contribution in [1.82, 2.24) is 0 Å². The number of benzene rings is 3. The maximum atomic E-state index is 12.4. The standard InChI is InChI=1S/C21H19N5O3/c22-25-20(26-23)14-28-17-10-6-15(7-11-17)21(27)24-16-8-12-19(13-9-16)29-18-4-2-1-3-5-18/h1-13,22H,14,23H2,(H,24,27)/b25-22?,26-20-. The lowest BCUT2D eigenvalue weighted by Gasteiger charge is -2.09. The molecule has 8 nitrogen and oxygen atoms in total. The van der Waals surface area contributed by atoms with Gasteiger partial charge in [-0.25, -0.2) is 5.53 Å². The summed E-state index contributed by atoms with van der Waals surface area (Å²) in [5.41, 5.74) is 7.99. The zero-order chi connectivity index (χ0) is 20.5. The van der Waals surface area contributed by atoms with Crippen LogP contribution >= 0.6 is 0 Å². The van der Waals surface area contributed by atoms with E-state index in [9.17, 15) is 4.79 Å². The molecule has 8 heteroatoms. The van der Waals surface area contributed by atoms with E-state index in [1.165, 1.54) is 0 Å². The second-order valence-electron chi connectivity index (χ2n) is 5.86. The third-order valence-corrected chi connectivity index (χ3v) is 3.85. The van der Waals surface area contributed by atoms with E-state index in [1.54, 1.807) is 48.5 Å². The zero-order valence-electron chi connectivity index (χ0n) is 15.4. The molecule has 3 rings (SSSR count). The molecule has 0 unspecified atom stereocenters. The summed E-state index contributed by atoms with van der Waals surface area (Å²) in [5, 5.41) is 9.26. The lowest BCUT2D eigenvalue weighted by Crippen LogP contribution is -2.12. The van der Waals surface area contributed by atoms with Crippen LogP contribution in [0.3, 0.4) is 0 Å². The van der Waals surface area contributed by atoms with Gasteiger partial charge in [-0.1, -0.05) is 18.2 Å². The van der Waals surface area contributed by atoms with Gasteiger partial charge in [0.15, 0.2) is 6.61 Å². The molecule has 0 aromatic heterocycles. The topological polar surface area (TPSA) is 122 Å². The highest BCUT2D eigenvalue weighted by atomic mass is 16.5. The third kappa shape index (κ3) is 5.64. The minimum absolute atomic E-state index is 0.0249. The molecular weight excluding hydrogens is 370 g/mol. The van der Waals surface area contributed by atoms with E-state index in [0.29, 0.717) is 22.7 Å². The van der Waals surface area contributed by atoms with E-state index in [-0.39, 0.29) is 18.3 Å². The lowest BCUT2D eigenvalue weighted by molar-refractivity contribution is 0.102. The molecule has 29 heavy (non-hydrogen) atoms. The highest BCUT2D eigenvalue weighted by molar-refractivity contribution is 6.04. The number of carbonyl (C=O) groups excluding carboxylic acids is 1. The molecule has 0 bridgehead atoms. The van der Waals surface area contributed by atoms with Crippen molar-refractivity contribution in [2.24, 2.45) is 16.1 Å². The summed E-state index contributed by atoms with van der Waals surface area (Å²) in [6.45, 7) is -0.0249. The molecule has 0 saturated carbocycles. The third-order valence-electron chi connectivity index (χ3n) is 3.85. The molecule has 0 aliphatic carbocycles. The van der Waals surface area contributed by atoms with E-state index in [0.717, 1.165) is 5.75 Å². The van der Waals surface area contributed by atoms with Crippen molar-refractivity contribution in [3.8, 4) is 17.2 Å². The van der Waals surface area contributed by atoms with Crippen LogP contribution in [0, 0.1) is 5.53 Å². The van der Waals surface area contributed by atoms with Crippen molar-refractivity contribution in [2.45, 2.75) is 0 Å². The van der Waals surface area contributed by atoms with E-state index in [4.69, 9.17) is 20.8 Å². The van der Waals surface area contributed by atoms with Gasteiger partial charge >= 0.3 is 0 Å². The van der Waals surface area contributed by atoms with Crippen molar-refractivity contribution in [3.63, 3.8) is 0 Å². The Bertz CT molecular complexity index is 987. The quantitative estimate of drug-likeness (QED) is 0.182. The van der Waals surface area contributed by atoms with Crippen LogP contribution in [0.4, 0.5) is 5.69 Å². The molecular formula is C21H19N5O3. The zero-order valence-corrected chi connectivity index (χ0v) is 15.4. The maximum Gasteiger partial charge on any atom is 0.255 e. The molecule has 1 amide bonds. The molecule has 0 spiro atoms. The number of nitrogens with one attached hydrogen (secondary N) is 2. The van der Waals surface area contributed by atoms with Gasteiger partial charge in [0.2, 0.25) is 5.84 Å². The van der Waals surface area contributed by atoms with Crippen LogP contribution in [0.2, 0.25) is 0 Å². The second-order valence-corrected chi connectivity index (χ2v) is 5.86. The Labute approximate surface area is 167 Å². The van der Waals surface area contributed by atoms with E-state index in [1.807, 2.05) is 30.3 Å². The Kier molecular flexibility index (Phi) is 6.51. The summed E-state index contributed by atoms with van der Waals surface area (Å²) in [6, 6.07) is 23.1. The Morgan fingerprint density at radius 2 is 1.52 bits per heavy atom. The second kappa shape index (κ2) is 9.65. The first-order chi connectivity index (χ1) is 14.2. The molecule has 4 N–H and O–H groups in total. The largest absolute Gasteiger partial charge is 0.485 e. The monoisotopic (exact) mass is 389 g/mol. The van der Waals surface area contributed by atoms with E-state index in [2.05, 4.69) is 15.5 Å². The van der Waals surface area contributed by atoms with Crippen molar-refractivity contribution in [3.05, 3.63) is 84.4 Å². The summed E-state index contributed by atoms with van der Waals surface area (Å²) in [4.78, 5) is 12.4. The molecule has 3 aromatic rings. The summed E-state index contributed by atoms with van der Waals surface area (Å²) in [5.74, 6) is 6.80. The molecule has 3 aromatic carbocycles. The number of anilines is 1. The van der Waals surface area contributed by atoms with Crippen LogP contribution < -0.4 is 20.6 Å². The van der Waals surface area contributed by atoms with Crippen LogP contribution in [-0.4, -0.2) is 18.3 Å². The number of amides is 1. The van der Waals surface area contributed by atoms with E-state index < -0.39 is 0 Å². The van der Waals surface area contributed by atoms with Gasteiger partial charge in [0.1, 0.15) is 17.2 Å². The van der Waals surface area contributed by atoms with Gasteiger partial charge in [-0.3, -0.25) is 4.79 Å². The smallest absolute Gasteiger partial charge is 0.255 e. The minimum Gasteiger partial charge on any atom is -0.485 e. The van der Waals surface area contributed by atoms with Gasteiger partial charge in [-0.2, -0.15) is 5.10 Å². The number of rotatable bonds is 7. The highest BCUT2D eigenvalue weighted by Gasteiger charge is 2.07. The average Bonchev–Trinajstić information content (AvgIpc) is 2.77. The van der Waals surface area contributed by atoms with E-state index >= 15 is 0 Å². The predicted molar refractivity (Wildman–Crippen MR) is 110 cm³/mol.